The molecule has 0 fully saturated rings. The molecule has 0 spiro atoms. The summed E-state index contributed by atoms with van der Waals surface area (Å²) in [5.74, 6) is -1.11. The van der Waals surface area contributed by atoms with Gasteiger partial charge in [-0.2, -0.15) is 0 Å². The second kappa shape index (κ2) is 7.94. The summed E-state index contributed by atoms with van der Waals surface area (Å²) in [6.45, 7) is 5.81. The molecule has 2 atom stereocenters. The Morgan fingerprint density at radius 2 is 2.00 bits per heavy atom. The zero-order chi connectivity index (χ0) is 15.1. The van der Waals surface area contributed by atoms with E-state index >= 15 is 0 Å². The first kappa shape index (κ1) is 16.6. The Kier molecular flexibility index (Phi) is 6.58. The normalized spacial score (nSPS) is 13.8. The summed E-state index contributed by atoms with van der Waals surface area (Å²) in [5.41, 5.74) is 0.214. The number of carbonyl (C=O) groups is 1. The number of nitrogens with one attached hydrogen (secondary N) is 2. The molecule has 0 radical (unpaired) electrons. The minimum Gasteiger partial charge on any atom is -0.352 e. The van der Waals surface area contributed by atoms with Gasteiger partial charge >= 0.3 is 0 Å². The summed E-state index contributed by atoms with van der Waals surface area (Å²) >= 11 is 0. The molecule has 1 amide bonds. The van der Waals surface area contributed by atoms with Crippen molar-refractivity contribution in [2.45, 2.75) is 52.2 Å². The first-order valence-corrected chi connectivity index (χ1v) is 6.91. The summed E-state index contributed by atoms with van der Waals surface area (Å²) < 4.78 is 26.4. The third-order valence-electron chi connectivity index (χ3n) is 3.11. The minimum absolute atomic E-state index is 0.111. The maximum atomic E-state index is 13.4. The van der Waals surface area contributed by atoms with Crippen LogP contribution in [0.1, 0.15) is 39.2 Å². The van der Waals surface area contributed by atoms with Gasteiger partial charge in [0.15, 0.2) is 0 Å². The standard InChI is InChI=1S/C15H22F2N2O/c1-4-5-10(2)19-15(20)11(3)18-9-12-8-13(16)6-7-14(12)17/h6-8,10-11,18H,4-5,9H2,1-3H3,(H,19,20). The van der Waals surface area contributed by atoms with Gasteiger partial charge in [0.2, 0.25) is 5.91 Å². The first-order chi connectivity index (χ1) is 9.43. The van der Waals surface area contributed by atoms with Gasteiger partial charge in [0.05, 0.1) is 6.04 Å². The average Bonchev–Trinajstić information content (AvgIpc) is 2.39. The van der Waals surface area contributed by atoms with E-state index in [2.05, 4.69) is 17.6 Å². The molecule has 0 aromatic heterocycles. The Bertz CT molecular complexity index is 451. The number of carbonyl (C=O) groups excluding carboxylic acids is 1. The second-order valence-corrected chi connectivity index (χ2v) is 5.04. The van der Waals surface area contributed by atoms with Gasteiger partial charge in [-0.1, -0.05) is 13.3 Å². The highest BCUT2D eigenvalue weighted by Crippen LogP contribution is 2.09. The van der Waals surface area contributed by atoms with Crippen molar-refractivity contribution in [3.05, 3.63) is 35.4 Å². The van der Waals surface area contributed by atoms with Crippen molar-refractivity contribution in [1.82, 2.24) is 10.6 Å². The number of hydrogen-bond acceptors (Lipinski definition) is 2. The van der Waals surface area contributed by atoms with Crippen molar-refractivity contribution in [2.75, 3.05) is 0 Å². The van der Waals surface area contributed by atoms with E-state index in [0.717, 1.165) is 31.0 Å². The topological polar surface area (TPSA) is 41.1 Å². The highest BCUT2D eigenvalue weighted by molar-refractivity contribution is 5.81. The van der Waals surface area contributed by atoms with Crippen LogP contribution in [0.2, 0.25) is 0 Å². The van der Waals surface area contributed by atoms with Gasteiger partial charge in [0.25, 0.3) is 0 Å². The van der Waals surface area contributed by atoms with Crippen LogP contribution in [-0.4, -0.2) is 18.0 Å². The van der Waals surface area contributed by atoms with Crippen LogP contribution < -0.4 is 10.6 Å². The van der Waals surface area contributed by atoms with Crippen LogP contribution in [-0.2, 0) is 11.3 Å². The summed E-state index contributed by atoms with van der Waals surface area (Å²) in [4.78, 5) is 11.9. The quantitative estimate of drug-likeness (QED) is 0.808. The van der Waals surface area contributed by atoms with Crippen LogP contribution in [0.4, 0.5) is 8.78 Å². The molecule has 112 valence electrons. The molecule has 1 aromatic rings. The van der Waals surface area contributed by atoms with E-state index < -0.39 is 17.7 Å². The molecule has 5 heteroatoms. The first-order valence-electron chi connectivity index (χ1n) is 6.91. The molecule has 0 aliphatic carbocycles. The zero-order valence-corrected chi connectivity index (χ0v) is 12.2. The van der Waals surface area contributed by atoms with Gasteiger partial charge in [-0.05, 0) is 38.5 Å². The lowest BCUT2D eigenvalue weighted by atomic mass is 10.1. The van der Waals surface area contributed by atoms with Gasteiger partial charge in [-0.15, -0.1) is 0 Å². The molecule has 0 saturated carbocycles. The van der Waals surface area contributed by atoms with Gasteiger partial charge in [0.1, 0.15) is 11.6 Å². The molecular weight excluding hydrogens is 262 g/mol. The molecular formula is C15H22F2N2O. The molecule has 1 rings (SSSR count). The molecule has 0 bridgehead atoms. The lowest BCUT2D eigenvalue weighted by molar-refractivity contribution is -0.123. The largest absolute Gasteiger partial charge is 0.352 e. The smallest absolute Gasteiger partial charge is 0.237 e. The molecule has 3 nitrogen and oxygen atoms in total. The maximum Gasteiger partial charge on any atom is 0.237 e. The Hall–Kier alpha value is -1.49. The second-order valence-electron chi connectivity index (χ2n) is 5.04. The highest BCUT2D eigenvalue weighted by atomic mass is 19.1. The molecule has 1 aromatic carbocycles. The molecule has 0 heterocycles. The average molecular weight is 284 g/mol. The zero-order valence-electron chi connectivity index (χ0n) is 12.2. The lowest BCUT2D eigenvalue weighted by Crippen LogP contribution is -2.45. The van der Waals surface area contributed by atoms with Gasteiger partial charge in [0, 0.05) is 18.2 Å². The van der Waals surface area contributed by atoms with Crippen LogP contribution in [0.15, 0.2) is 18.2 Å². The van der Waals surface area contributed by atoms with Crippen LogP contribution in [0, 0.1) is 11.6 Å². The minimum atomic E-state index is -0.489. The fraction of sp³-hybridized carbons (Fsp3) is 0.533. The van der Waals surface area contributed by atoms with E-state index in [1.165, 1.54) is 0 Å². The van der Waals surface area contributed by atoms with E-state index in [0.29, 0.717) is 0 Å². The summed E-state index contributed by atoms with van der Waals surface area (Å²) in [6.07, 6.45) is 1.91. The Morgan fingerprint density at radius 3 is 2.65 bits per heavy atom. The third-order valence-corrected chi connectivity index (χ3v) is 3.11. The molecule has 0 aliphatic heterocycles. The third kappa shape index (κ3) is 5.25. The van der Waals surface area contributed by atoms with E-state index in [-0.39, 0.29) is 24.1 Å². The Labute approximate surface area is 118 Å². The van der Waals surface area contributed by atoms with Crippen molar-refractivity contribution in [2.24, 2.45) is 0 Å². The van der Waals surface area contributed by atoms with E-state index in [9.17, 15) is 13.6 Å². The summed E-state index contributed by atoms with van der Waals surface area (Å²) in [5, 5.41) is 5.77. The van der Waals surface area contributed by atoms with E-state index in [4.69, 9.17) is 0 Å². The fourth-order valence-electron chi connectivity index (χ4n) is 1.91. The van der Waals surface area contributed by atoms with E-state index in [1.54, 1.807) is 6.92 Å². The molecule has 0 saturated heterocycles. The fourth-order valence-corrected chi connectivity index (χ4v) is 1.91. The Balaban J connectivity index is 2.48. The molecule has 2 N–H and O–H groups in total. The Morgan fingerprint density at radius 1 is 1.30 bits per heavy atom. The molecule has 0 aliphatic rings. The number of hydrogen-bond donors (Lipinski definition) is 2. The van der Waals surface area contributed by atoms with Crippen molar-refractivity contribution >= 4 is 5.91 Å². The van der Waals surface area contributed by atoms with Crippen LogP contribution in [0.5, 0.6) is 0 Å². The predicted octanol–water partition coefficient (Wildman–Crippen LogP) is 2.75. The van der Waals surface area contributed by atoms with Crippen LogP contribution >= 0.6 is 0 Å². The van der Waals surface area contributed by atoms with Gasteiger partial charge in [-0.3, -0.25) is 4.79 Å². The van der Waals surface area contributed by atoms with Crippen molar-refractivity contribution < 1.29 is 13.6 Å². The van der Waals surface area contributed by atoms with Crippen LogP contribution in [0.3, 0.4) is 0 Å². The summed E-state index contributed by atoms with van der Waals surface area (Å²) in [7, 11) is 0. The highest BCUT2D eigenvalue weighted by Gasteiger charge is 2.15. The SMILES string of the molecule is CCCC(C)NC(=O)C(C)NCc1cc(F)ccc1F. The van der Waals surface area contributed by atoms with Crippen LogP contribution in [0.25, 0.3) is 0 Å². The molecule has 20 heavy (non-hydrogen) atoms. The maximum absolute atomic E-state index is 13.4. The number of amides is 1. The lowest BCUT2D eigenvalue weighted by Gasteiger charge is -2.18. The van der Waals surface area contributed by atoms with Crippen molar-refractivity contribution in [1.29, 1.82) is 0 Å². The molecule has 2 unspecified atom stereocenters. The number of rotatable bonds is 7. The number of halogens is 2. The number of benzene rings is 1. The van der Waals surface area contributed by atoms with Gasteiger partial charge < -0.3 is 10.6 Å². The van der Waals surface area contributed by atoms with E-state index in [1.807, 2.05) is 6.92 Å². The predicted molar refractivity (Wildman–Crippen MR) is 75.2 cm³/mol. The van der Waals surface area contributed by atoms with Crippen molar-refractivity contribution in [3.63, 3.8) is 0 Å². The summed E-state index contributed by atoms with van der Waals surface area (Å²) in [6, 6.07) is 2.94. The van der Waals surface area contributed by atoms with Gasteiger partial charge in [-0.25, -0.2) is 8.78 Å². The monoisotopic (exact) mass is 284 g/mol. The van der Waals surface area contributed by atoms with Crippen molar-refractivity contribution in [3.8, 4) is 0 Å².